The summed E-state index contributed by atoms with van der Waals surface area (Å²) in [6, 6.07) is 21.1. The van der Waals surface area contributed by atoms with Gasteiger partial charge in [-0.3, -0.25) is 0 Å². The van der Waals surface area contributed by atoms with E-state index in [0.717, 1.165) is 28.1 Å². The molecule has 1 heterocycles. The molecule has 4 aromatic rings. The number of rotatable bonds is 5. The minimum absolute atomic E-state index is 0.471. The number of nitrogens with one attached hydrogen (secondary N) is 1. The summed E-state index contributed by atoms with van der Waals surface area (Å²) in [5, 5.41) is 0.956. The van der Waals surface area contributed by atoms with Crippen molar-refractivity contribution in [2.45, 2.75) is 0 Å². The van der Waals surface area contributed by atoms with E-state index in [1.165, 1.54) is 0 Å². The molecule has 0 aliphatic heterocycles. The lowest BCUT2D eigenvalue weighted by Gasteiger charge is -2.10. The Balaban J connectivity index is 1.98. The van der Waals surface area contributed by atoms with Gasteiger partial charge in [0.05, 0.1) is 41.2 Å². The van der Waals surface area contributed by atoms with Crippen LogP contribution in [0.25, 0.3) is 33.9 Å². The van der Waals surface area contributed by atoms with E-state index in [2.05, 4.69) is 4.98 Å². The van der Waals surface area contributed by atoms with E-state index >= 15 is 0 Å². The highest BCUT2D eigenvalue weighted by atomic mass is 35.5. The van der Waals surface area contributed by atoms with Crippen molar-refractivity contribution in [3.05, 3.63) is 76.8 Å². The molecule has 29 heavy (non-hydrogen) atoms. The van der Waals surface area contributed by atoms with Gasteiger partial charge in [0.15, 0.2) is 11.5 Å². The van der Waals surface area contributed by atoms with Gasteiger partial charge in [-0.15, -0.1) is 0 Å². The van der Waals surface area contributed by atoms with E-state index in [4.69, 9.17) is 37.7 Å². The zero-order valence-corrected chi connectivity index (χ0v) is 17.4. The predicted molar refractivity (Wildman–Crippen MR) is 118 cm³/mol. The fourth-order valence-corrected chi connectivity index (χ4v) is 3.67. The molecule has 1 N–H and O–H groups in total. The van der Waals surface area contributed by atoms with Gasteiger partial charge < -0.3 is 14.5 Å². The number of ether oxygens (including phenoxy) is 2. The molecule has 0 spiro atoms. The molecule has 0 unspecified atom stereocenters. The third-order valence-corrected chi connectivity index (χ3v) is 5.45. The van der Waals surface area contributed by atoms with E-state index in [9.17, 15) is 0 Å². The largest absolute Gasteiger partial charge is 0.493 e. The van der Waals surface area contributed by atoms with Gasteiger partial charge in [-0.1, -0.05) is 71.7 Å². The van der Waals surface area contributed by atoms with E-state index in [1.54, 1.807) is 20.3 Å². The summed E-state index contributed by atoms with van der Waals surface area (Å²) in [7, 11) is 3.22. The topological polar surface area (TPSA) is 47.1 Å². The molecule has 0 radical (unpaired) electrons. The molecule has 0 fully saturated rings. The number of benzene rings is 3. The summed E-state index contributed by atoms with van der Waals surface area (Å²) in [5.74, 6) is 1.88. The lowest BCUT2D eigenvalue weighted by molar-refractivity contribution is 0.356. The van der Waals surface area contributed by atoms with Crippen molar-refractivity contribution in [3.63, 3.8) is 0 Å². The first-order valence-corrected chi connectivity index (χ1v) is 9.70. The fraction of sp³-hybridized carbons (Fsp3) is 0.0870. The van der Waals surface area contributed by atoms with Gasteiger partial charge in [0.25, 0.3) is 0 Å². The molecule has 4 rings (SSSR count). The Morgan fingerprint density at radius 1 is 0.793 bits per heavy atom. The zero-order chi connectivity index (χ0) is 20.4. The summed E-state index contributed by atoms with van der Waals surface area (Å²) in [5.41, 5.74) is 4.08. The maximum atomic E-state index is 6.52. The lowest BCUT2D eigenvalue weighted by atomic mass is 10.1. The maximum absolute atomic E-state index is 6.52. The second-order valence-corrected chi connectivity index (χ2v) is 7.10. The number of aromatic amines is 1. The quantitative estimate of drug-likeness (QED) is 0.386. The van der Waals surface area contributed by atoms with Crippen molar-refractivity contribution < 1.29 is 9.47 Å². The van der Waals surface area contributed by atoms with Gasteiger partial charge in [-0.25, -0.2) is 4.98 Å². The second kappa shape index (κ2) is 8.19. The van der Waals surface area contributed by atoms with Gasteiger partial charge in [0.2, 0.25) is 0 Å². The third kappa shape index (κ3) is 3.57. The van der Waals surface area contributed by atoms with Gasteiger partial charge in [-0.05, 0) is 18.2 Å². The molecule has 146 valence electrons. The first kappa shape index (κ1) is 19.4. The Bertz CT molecular complexity index is 1160. The van der Waals surface area contributed by atoms with Crippen LogP contribution in [0.5, 0.6) is 11.5 Å². The highest BCUT2D eigenvalue weighted by Crippen LogP contribution is 2.42. The van der Waals surface area contributed by atoms with Crippen molar-refractivity contribution in [2.24, 2.45) is 0 Å². The summed E-state index contributed by atoms with van der Waals surface area (Å²) in [4.78, 5) is 8.31. The number of halogens is 2. The second-order valence-electron chi connectivity index (χ2n) is 6.32. The van der Waals surface area contributed by atoms with E-state index in [1.807, 2.05) is 60.7 Å². The molecule has 1 aromatic heterocycles. The number of H-pyrrole nitrogens is 1. The molecule has 0 saturated carbocycles. The van der Waals surface area contributed by atoms with Crippen molar-refractivity contribution in [1.82, 2.24) is 9.97 Å². The number of hydrogen-bond donors (Lipinski definition) is 1. The number of imidazole rings is 1. The number of methoxy groups -OCH3 is 2. The number of aromatic nitrogens is 2. The van der Waals surface area contributed by atoms with Gasteiger partial charge >= 0.3 is 0 Å². The first-order chi connectivity index (χ1) is 14.1. The molecular weight excluding hydrogens is 407 g/mol. The monoisotopic (exact) mass is 424 g/mol. The molecule has 6 heteroatoms. The smallest absolute Gasteiger partial charge is 0.171 e. The summed E-state index contributed by atoms with van der Waals surface area (Å²) in [6.07, 6.45) is 0. The van der Waals surface area contributed by atoms with Gasteiger partial charge in [0, 0.05) is 11.1 Å². The Morgan fingerprint density at radius 3 is 2.24 bits per heavy atom. The summed E-state index contributed by atoms with van der Waals surface area (Å²) < 4.78 is 11.0. The van der Waals surface area contributed by atoms with Gasteiger partial charge in [0.1, 0.15) is 5.82 Å². The number of nitrogens with zero attached hydrogens (tertiary/aromatic N) is 1. The van der Waals surface area contributed by atoms with Crippen LogP contribution < -0.4 is 9.47 Å². The van der Waals surface area contributed by atoms with Crippen LogP contribution in [0.15, 0.2) is 66.7 Å². The molecular formula is C23H18Cl2N2O2. The molecule has 0 bridgehead atoms. The van der Waals surface area contributed by atoms with Crippen LogP contribution in [0.3, 0.4) is 0 Å². The molecule has 0 aliphatic rings. The minimum atomic E-state index is 0.471. The maximum Gasteiger partial charge on any atom is 0.171 e. The fourth-order valence-electron chi connectivity index (χ4n) is 3.27. The normalized spacial score (nSPS) is 10.8. The highest BCUT2D eigenvalue weighted by Gasteiger charge is 2.21. The van der Waals surface area contributed by atoms with Crippen LogP contribution >= 0.6 is 23.2 Å². The van der Waals surface area contributed by atoms with Crippen molar-refractivity contribution >= 4 is 23.2 Å². The van der Waals surface area contributed by atoms with Crippen molar-refractivity contribution in [3.8, 4) is 45.4 Å². The molecule has 0 amide bonds. The van der Waals surface area contributed by atoms with E-state index in [-0.39, 0.29) is 0 Å². The number of hydrogen-bond acceptors (Lipinski definition) is 3. The zero-order valence-electron chi connectivity index (χ0n) is 15.9. The average Bonchev–Trinajstić information content (AvgIpc) is 3.20. The Labute approximate surface area is 179 Å². The SMILES string of the molecule is COc1cccc(-c2nc(-c3ccccc3)c(-c3cccc(Cl)c3Cl)[nH]2)c1OC. The predicted octanol–water partition coefficient (Wildman–Crippen LogP) is 6.73. The van der Waals surface area contributed by atoms with Crippen LogP contribution in [0.1, 0.15) is 0 Å². The summed E-state index contributed by atoms with van der Waals surface area (Å²) in [6.45, 7) is 0. The van der Waals surface area contributed by atoms with Gasteiger partial charge in [-0.2, -0.15) is 0 Å². The molecule has 3 aromatic carbocycles. The van der Waals surface area contributed by atoms with Crippen LogP contribution in [0, 0.1) is 0 Å². The van der Waals surface area contributed by atoms with Crippen LogP contribution in [0.4, 0.5) is 0 Å². The third-order valence-electron chi connectivity index (χ3n) is 4.63. The molecule has 0 saturated heterocycles. The minimum Gasteiger partial charge on any atom is -0.493 e. The van der Waals surface area contributed by atoms with Crippen LogP contribution in [-0.4, -0.2) is 24.2 Å². The van der Waals surface area contributed by atoms with E-state index < -0.39 is 0 Å². The Hall–Kier alpha value is -2.95. The lowest BCUT2D eigenvalue weighted by Crippen LogP contribution is -1.94. The Morgan fingerprint density at radius 2 is 1.52 bits per heavy atom. The summed E-state index contributed by atoms with van der Waals surface area (Å²) >= 11 is 12.8. The molecule has 0 aliphatic carbocycles. The first-order valence-electron chi connectivity index (χ1n) is 8.95. The molecule has 4 nitrogen and oxygen atoms in total. The standard InChI is InChI=1S/C23H18Cl2N2O2/c1-28-18-13-7-11-16(22(18)29-2)23-26-20(14-8-4-3-5-9-14)21(27-23)15-10-6-12-17(24)19(15)25/h3-13H,1-2H3,(H,26,27). The number of para-hydroxylation sites is 1. The Kier molecular flexibility index (Phi) is 5.47. The van der Waals surface area contributed by atoms with Crippen molar-refractivity contribution in [2.75, 3.05) is 14.2 Å². The van der Waals surface area contributed by atoms with Crippen molar-refractivity contribution in [1.29, 1.82) is 0 Å². The van der Waals surface area contributed by atoms with Crippen LogP contribution in [0.2, 0.25) is 10.0 Å². The molecule has 0 atom stereocenters. The highest BCUT2D eigenvalue weighted by molar-refractivity contribution is 6.43. The van der Waals surface area contributed by atoms with Crippen LogP contribution in [-0.2, 0) is 0 Å². The average molecular weight is 425 g/mol. The van der Waals surface area contributed by atoms with E-state index in [0.29, 0.717) is 27.4 Å².